The Bertz CT molecular complexity index is 835. The van der Waals surface area contributed by atoms with Gasteiger partial charge in [-0.05, 0) is 36.9 Å². The lowest BCUT2D eigenvalue weighted by atomic mass is 10.2. The third-order valence-corrected chi connectivity index (χ3v) is 3.62. The number of benzene rings is 2. The summed E-state index contributed by atoms with van der Waals surface area (Å²) in [5, 5.41) is 12.0. The fraction of sp³-hybridized carbons (Fsp3) is 0.238. The third kappa shape index (κ3) is 6.77. The first-order chi connectivity index (χ1) is 13.5. The topological polar surface area (TPSA) is 106 Å². The number of rotatable bonds is 9. The maximum atomic E-state index is 12.5. The van der Waals surface area contributed by atoms with Crippen LogP contribution in [0.15, 0.2) is 65.8 Å². The van der Waals surface area contributed by atoms with Gasteiger partial charge in [0, 0.05) is 18.7 Å². The summed E-state index contributed by atoms with van der Waals surface area (Å²) in [6.45, 7) is 1.90. The number of carbonyl (C=O) groups is 1. The molecule has 148 valence electrons. The Hall–Kier alpha value is -3.32. The molecule has 0 radical (unpaired) electrons. The summed E-state index contributed by atoms with van der Waals surface area (Å²) in [5.41, 5.74) is 6.98. The lowest BCUT2D eigenvalue weighted by molar-refractivity contribution is 0.100. The molecule has 7 nitrogen and oxygen atoms in total. The van der Waals surface area contributed by atoms with E-state index >= 15 is 0 Å². The maximum absolute atomic E-state index is 12.5. The highest BCUT2D eigenvalue weighted by Gasteiger charge is 2.12. The molecule has 2 aromatic rings. The van der Waals surface area contributed by atoms with E-state index in [1.165, 1.54) is 6.08 Å². The molecule has 1 atom stereocenters. The molecular weight excluding hydrogens is 358 g/mol. The molecule has 28 heavy (non-hydrogen) atoms. The van der Waals surface area contributed by atoms with Crippen molar-refractivity contribution in [3.05, 3.63) is 71.9 Å². The highest BCUT2D eigenvalue weighted by molar-refractivity contribution is 6.06. The second kappa shape index (κ2) is 10.7. The summed E-state index contributed by atoms with van der Waals surface area (Å²) >= 11 is 0. The van der Waals surface area contributed by atoms with Crippen molar-refractivity contribution < 1.29 is 19.4 Å². The van der Waals surface area contributed by atoms with E-state index in [2.05, 4.69) is 10.3 Å². The minimum atomic E-state index is -0.523. The van der Waals surface area contributed by atoms with Crippen molar-refractivity contribution in [3.63, 3.8) is 0 Å². The molecule has 0 saturated heterocycles. The van der Waals surface area contributed by atoms with Gasteiger partial charge in [-0.1, -0.05) is 30.3 Å². The van der Waals surface area contributed by atoms with Crippen LogP contribution >= 0.6 is 0 Å². The van der Waals surface area contributed by atoms with Crippen LogP contribution in [0, 0.1) is 0 Å². The van der Waals surface area contributed by atoms with E-state index in [1.807, 2.05) is 30.3 Å². The van der Waals surface area contributed by atoms with E-state index in [-0.39, 0.29) is 18.0 Å². The number of hydrogen-bond acceptors (Lipinski definition) is 5. The molecule has 0 spiro atoms. The summed E-state index contributed by atoms with van der Waals surface area (Å²) in [5.74, 6) is 0.399. The molecule has 0 aliphatic heterocycles. The molecule has 0 aliphatic rings. The van der Waals surface area contributed by atoms with Crippen molar-refractivity contribution in [2.45, 2.75) is 19.6 Å². The summed E-state index contributed by atoms with van der Waals surface area (Å²) in [4.78, 5) is 16.3. The standard InChI is InChI=1S/C21H25N3O4/c1-15(13-25)28-19-11-17(21(26)24-20(22)8-9-23-2)10-18(12-19)27-14-16-6-4-3-5-7-16/h3-12,15,23,25H,13-14H2,1-2H3,(H2,22,24,26)/b9-8-. The minimum absolute atomic E-state index is 0.0705. The summed E-state index contributed by atoms with van der Waals surface area (Å²) in [7, 11) is 1.71. The number of amides is 1. The van der Waals surface area contributed by atoms with Gasteiger partial charge >= 0.3 is 0 Å². The Balaban J connectivity index is 2.26. The van der Waals surface area contributed by atoms with Crippen LogP contribution in [0.1, 0.15) is 22.8 Å². The predicted molar refractivity (Wildman–Crippen MR) is 109 cm³/mol. The van der Waals surface area contributed by atoms with Gasteiger partial charge in [-0.15, -0.1) is 0 Å². The largest absolute Gasteiger partial charge is 0.489 e. The van der Waals surface area contributed by atoms with Gasteiger partial charge in [0.15, 0.2) is 0 Å². The number of aliphatic hydroxyl groups excluding tert-OH is 1. The molecule has 0 saturated carbocycles. The van der Waals surface area contributed by atoms with E-state index in [1.54, 1.807) is 38.4 Å². The summed E-state index contributed by atoms with van der Waals surface area (Å²) in [6.07, 6.45) is 2.63. The van der Waals surface area contributed by atoms with Crippen LogP contribution in [-0.4, -0.2) is 36.6 Å². The van der Waals surface area contributed by atoms with Gasteiger partial charge in [0.2, 0.25) is 0 Å². The van der Waals surface area contributed by atoms with Crippen molar-refractivity contribution in [3.8, 4) is 11.5 Å². The van der Waals surface area contributed by atoms with Crippen LogP contribution in [0.4, 0.5) is 0 Å². The van der Waals surface area contributed by atoms with E-state index in [0.717, 1.165) is 5.56 Å². The molecule has 0 fully saturated rings. The monoisotopic (exact) mass is 383 g/mol. The molecule has 0 aliphatic carbocycles. The van der Waals surface area contributed by atoms with E-state index in [4.69, 9.17) is 15.2 Å². The van der Waals surface area contributed by atoms with E-state index in [9.17, 15) is 9.90 Å². The smallest absolute Gasteiger partial charge is 0.279 e. The average molecular weight is 383 g/mol. The van der Waals surface area contributed by atoms with Gasteiger partial charge in [0.1, 0.15) is 30.0 Å². The quantitative estimate of drug-likeness (QED) is 0.453. The number of nitrogens with zero attached hydrogens (tertiary/aromatic N) is 1. The summed E-state index contributed by atoms with van der Waals surface area (Å²) < 4.78 is 11.4. The van der Waals surface area contributed by atoms with Gasteiger partial charge in [-0.25, -0.2) is 0 Å². The number of aliphatic hydroxyl groups is 1. The molecule has 1 amide bonds. The molecule has 0 aromatic heterocycles. The van der Waals surface area contributed by atoms with Crippen molar-refractivity contribution >= 4 is 11.7 Å². The van der Waals surface area contributed by atoms with Gasteiger partial charge < -0.3 is 25.6 Å². The molecule has 2 rings (SSSR count). The van der Waals surface area contributed by atoms with Crippen LogP contribution in [0.5, 0.6) is 11.5 Å². The third-order valence-electron chi connectivity index (χ3n) is 3.62. The van der Waals surface area contributed by atoms with Gasteiger partial charge in [-0.2, -0.15) is 4.99 Å². The number of hydrogen-bond donors (Lipinski definition) is 3. The molecule has 4 N–H and O–H groups in total. The van der Waals surface area contributed by atoms with Crippen LogP contribution in [0.25, 0.3) is 0 Å². The van der Waals surface area contributed by atoms with Crippen LogP contribution in [0.3, 0.4) is 0 Å². The van der Waals surface area contributed by atoms with Crippen LogP contribution in [0.2, 0.25) is 0 Å². The molecule has 0 heterocycles. The first-order valence-electron chi connectivity index (χ1n) is 8.83. The first-order valence-corrected chi connectivity index (χ1v) is 8.83. The van der Waals surface area contributed by atoms with Crippen LogP contribution < -0.4 is 20.5 Å². The SMILES string of the molecule is CN/C=C\C(N)=NC(=O)c1cc(OCc2ccccc2)cc(OC(C)CO)c1. The van der Waals surface area contributed by atoms with Crippen LogP contribution in [-0.2, 0) is 6.61 Å². The Kier molecular flexibility index (Phi) is 8.05. The zero-order valence-electron chi connectivity index (χ0n) is 16.0. The molecular formula is C21H25N3O4. The average Bonchev–Trinajstić information content (AvgIpc) is 2.71. The maximum Gasteiger partial charge on any atom is 0.279 e. The Morgan fingerprint density at radius 2 is 1.96 bits per heavy atom. The normalized spacial score (nSPS) is 12.6. The Morgan fingerprint density at radius 1 is 1.25 bits per heavy atom. The van der Waals surface area contributed by atoms with Gasteiger partial charge in [-0.3, -0.25) is 4.79 Å². The number of ether oxygens (including phenoxy) is 2. The molecule has 2 aromatic carbocycles. The van der Waals surface area contributed by atoms with Gasteiger partial charge in [0.05, 0.1) is 6.61 Å². The van der Waals surface area contributed by atoms with E-state index < -0.39 is 12.0 Å². The zero-order valence-corrected chi connectivity index (χ0v) is 16.0. The van der Waals surface area contributed by atoms with Gasteiger partial charge in [0.25, 0.3) is 5.91 Å². The number of nitrogens with two attached hydrogens (primary N) is 1. The number of nitrogens with one attached hydrogen (secondary N) is 1. The second-order valence-electron chi connectivity index (χ2n) is 6.04. The fourth-order valence-corrected chi connectivity index (χ4v) is 2.24. The second-order valence-corrected chi connectivity index (χ2v) is 6.04. The van der Waals surface area contributed by atoms with E-state index in [0.29, 0.717) is 18.1 Å². The summed E-state index contributed by atoms with van der Waals surface area (Å²) in [6, 6.07) is 14.5. The lowest BCUT2D eigenvalue weighted by Crippen LogP contribution is -2.17. The first kappa shape index (κ1) is 21.0. The molecule has 7 heteroatoms. The molecule has 1 unspecified atom stereocenters. The highest BCUT2D eigenvalue weighted by atomic mass is 16.5. The predicted octanol–water partition coefficient (Wildman–Crippen LogP) is 2.26. The van der Waals surface area contributed by atoms with Crippen molar-refractivity contribution in [2.24, 2.45) is 10.7 Å². The lowest BCUT2D eigenvalue weighted by Gasteiger charge is -2.15. The Labute approximate surface area is 164 Å². The number of aliphatic imine (C=N–C) groups is 1. The van der Waals surface area contributed by atoms with Crippen molar-refractivity contribution in [2.75, 3.05) is 13.7 Å². The van der Waals surface area contributed by atoms with Crippen molar-refractivity contribution in [1.82, 2.24) is 5.32 Å². The zero-order chi connectivity index (χ0) is 20.4. The fourth-order valence-electron chi connectivity index (χ4n) is 2.24. The molecule has 0 bridgehead atoms. The Morgan fingerprint density at radius 3 is 2.64 bits per heavy atom. The number of amidine groups is 1. The minimum Gasteiger partial charge on any atom is -0.489 e. The number of carbonyl (C=O) groups excluding carboxylic acids is 1. The highest BCUT2D eigenvalue weighted by Crippen LogP contribution is 2.25. The van der Waals surface area contributed by atoms with Crippen molar-refractivity contribution in [1.29, 1.82) is 0 Å².